The molecule has 0 saturated carbocycles. The molecule has 0 saturated heterocycles. The molecule has 2 aromatic carbocycles. The normalized spacial score (nSPS) is 12.2. The summed E-state index contributed by atoms with van der Waals surface area (Å²) < 4.78 is 43.6. The molecule has 1 amide bonds. The van der Waals surface area contributed by atoms with E-state index in [4.69, 9.17) is 4.74 Å². The Kier molecular flexibility index (Phi) is 6.04. The highest BCUT2D eigenvalue weighted by Gasteiger charge is 2.15. The molecular formula is C17H20FN3O4S. The lowest BCUT2D eigenvalue weighted by atomic mass is 10.2. The lowest BCUT2D eigenvalue weighted by molar-refractivity contribution is -0.116. The number of amides is 1. The van der Waals surface area contributed by atoms with Gasteiger partial charge in [0, 0.05) is 11.4 Å². The molecule has 140 valence electrons. The lowest BCUT2D eigenvalue weighted by Crippen LogP contribution is -2.31. The van der Waals surface area contributed by atoms with Crippen molar-refractivity contribution in [3.05, 3.63) is 48.3 Å². The first-order chi connectivity index (χ1) is 12.2. The van der Waals surface area contributed by atoms with E-state index in [1.165, 1.54) is 31.4 Å². The smallest absolute Gasteiger partial charge is 0.246 e. The quantitative estimate of drug-likeness (QED) is 0.685. The van der Waals surface area contributed by atoms with Crippen molar-refractivity contribution in [1.29, 1.82) is 0 Å². The molecule has 0 heterocycles. The van der Waals surface area contributed by atoms with E-state index in [0.717, 1.165) is 6.26 Å². The number of sulfonamides is 1. The Balaban J connectivity index is 2.11. The molecule has 1 atom stereocenters. The zero-order chi connectivity index (χ0) is 19.3. The Labute approximate surface area is 151 Å². The maximum Gasteiger partial charge on any atom is 0.246 e. The number of hydrogen-bond acceptors (Lipinski definition) is 5. The number of rotatable bonds is 7. The molecule has 0 spiro atoms. The van der Waals surface area contributed by atoms with Crippen molar-refractivity contribution in [2.24, 2.45) is 0 Å². The highest BCUT2D eigenvalue weighted by molar-refractivity contribution is 7.92. The van der Waals surface area contributed by atoms with Gasteiger partial charge in [0.2, 0.25) is 15.9 Å². The number of benzene rings is 2. The molecule has 3 N–H and O–H groups in total. The summed E-state index contributed by atoms with van der Waals surface area (Å²) in [5, 5.41) is 5.56. The van der Waals surface area contributed by atoms with E-state index in [1.807, 2.05) is 0 Å². The van der Waals surface area contributed by atoms with Gasteiger partial charge in [-0.2, -0.15) is 0 Å². The number of hydrogen-bond donors (Lipinski definition) is 3. The van der Waals surface area contributed by atoms with E-state index >= 15 is 0 Å². The van der Waals surface area contributed by atoms with Crippen molar-refractivity contribution in [1.82, 2.24) is 0 Å². The molecule has 0 aliphatic heterocycles. The standard InChI is InChI=1S/C17H20FN3O4S/c1-11(17(22)20-13-6-4-5-12(18)9-13)19-14-7-8-16(25-2)15(10-14)21-26(3,23)24/h4-11,19,21H,1-3H3,(H,20,22)/t11-/m0/s1. The first-order valence-corrected chi connectivity index (χ1v) is 9.56. The minimum absolute atomic E-state index is 0.248. The van der Waals surface area contributed by atoms with Crippen molar-refractivity contribution in [3.8, 4) is 5.75 Å². The van der Waals surface area contributed by atoms with Crippen LogP contribution in [0.5, 0.6) is 5.75 Å². The molecule has 0 aromatic heterocycles. The minimum atomic E-state index is -3.49. The monoisotopic (exact) mass is 381 g/mol. The fourth-order valence-electron chi connectivity index (χ4n) is 2.21. The molecule has 2 rings (SSSR count). The number of anilines is 3. The van der Waals surface area contributed by atoms with Crippen LogP contribution in [0.15, 0.2) is 42.5 Å². The Morgan fingerprint density at radius 2 is 1.88 bits per heavy atom. The number of ether oxygens (including phenoxy) is 1. The summed E-state index contributed by atoms with van der Waals surface area (Å²) in [6.07, 6.45) is 1.03. The molecule has 0 unspecified atom stereocenters. The summed E-state index contributed by atoms with van der Waals surface area (Å²) in [6, 6.07) is 9.66. The van der Waals surface area contributed by atoms with Gasteiger partial charge < -0.3 is 15.4 Å². The van der Waals surface area contributed by atoms with Gasteiger partial charge in [0.25, 0.3) is 0 Å². The lowest BCUT2D eigenvalue weighted by Gasteiger charge is -2.17. The zero-order valence-corrected chi connectivity index (χ0v) is 15.4. The first kappa shape index (κ1) is 19.5. The van der Waals surface area contributed by atoms with E-state index in [9.17, 15) is 17.6 Å². The second kappa shape index (κ2) is 8.05. The third kappa shape index (κ3) is 5.62. The van der Waals surface area contributed by atoms with Gasteiger partial charge in [-0.25, -0.2) is 12.8 Å². The van der Waals surface area contributed by atoms with Crippen molar-refractivity contribution >= 4 is 33.0 Å². The minimum Gasteiger partial charge on any atom is -0.495 e. The van der Waals surface area contributed by atoms with Gasteiger partial charge in [-0.3, -0.25) is 9.52 Å². The third-order valence-corrected chi connectivity index (χ3v) is 3.95. The van der Waals surface area contributed by atoms with E-state index < -0.39 is 21.9 Å². The van der Waals surface area contributed by atoms with Crippen LogP contribution in [0, 0.1) is 5.82 Å². The Hall–Kier alpha value is -2.81. The Bertz CT molecular complexity index is 903. The average molecular weight is 381 g/mol. The second-order valence-corrected chi connectivity index (χ2v) is 7.40. The highest BCUT2D eigenvalue weighted by Crippen LogP contribution is 2.29. The Morgan fingerprint density at radius 1 is 1.15 bits per heavy atom. The molecule has 2 aromatic rings. The summed E-state index contributed by atoms with van der Waals surface area (Å²) in [5.74, 6) is -0.475. The van der Waals surface area contributed by atoms with E-state index in [0.29, 0.717) is 17.1 Å². The van der Waals surface area contributed by atoms with E-state index in [2.05, 4.69) is 15.4 Å². The average Bonchev–Trinajstić information content (AvgIpc) is 2.53. The number of nitrogens with one attached hydrogen (secondary N) is 3. The fourth-order valence-corrected chi connectivity index (χ4v) is 2.77. The van der Waals surface area contributed by atoms with Gasteiger partial charge in [-0.1, -0.05) is 6.07 Å². The van der Waals surface area contributed by atoms with Crippen molar-refractivity contribution in [2.45, 2.75) is 13.0 Å². The summed E-state index contributed by atoms with van der Waals surface area (Å²) in [7, 11) is -2.07. The van der Waals surface area contributed by atoms with Gasteiger partial charge in [-0.05, 0) is 43.3 Å². The summed E-state index contributed by atoms with van der Waals surface area (Å²) in [5.41, 5.74) is 1.11. The van der Waals surface area contributed by atoms with Gasteiger partial charge >= 0.3 is 0 Å². The van der Waals surface area contributed by atoms with Crippen LogP contribution >= 0.6 is 0 Å². The number of carbonyl (C=O) groups is 1. The van der Waals surface area contributed by atoms with Gasteiger partial charge in [0.1, 0.15) is 17.6 Å². The third-order valence-electron chi connectivity index (χ3n) is 3.36. The second-order valence-electron chi connectivity index (χ2n) is 5.65. The number of halogens is 1. The van der Waals surface area contributed by atoms with Crippen LogP contribution in [-0.4, -0.2) is 33.7 Å². The largest absolute Gasteiger partial charge is 0.495 e. The van der Waals surface area contributed by atoms with Crippen LogP contribution in [0.1, 0.15) is 6.92 Å². The maximum absolute atomic E-state index is 13.2. The molecule has 0 bridgehead atoms. The van der Waals surface area contributed by atoms with Crippen LogP contribution in [-0.2, 0) is 14.8 Å². The highest BCUT2D eigenvalue weighted by atomic mass is 32.2. The van der Waals surface area contributed by atoms with Crippen LogP contribution in [0.2, 0.25) is 0 Å². The van der Waals surface area contributed by atoms with E-state index in [-0.39, 0.29) is 11.6 Å². The SMILES string of the molecule is COc1ccc(N[C@@H](C)C(=O)Nc2cccc(F)c2)cc1NS(C)(=O)=O. The summed E-state index contributed by atoms with van der Waals surface area (Å²) >= 11 is 0. The molecule has 26 heavy (non-hydrogen) atoms. The molecule has 0 aliphatic rings. The number of methoxy groups -OCH3 is 1. The van der Waals surface area contributed by atoms with E-state index in [1.54, 1.807) is 25.1 Å². The van der Waals surface area contributed by atoms with Crippen LogP contribution < -0.4 is 20.1 Å². The molecular weight excluding hydrogens is 361 g/mol. The van der Waals surface area contributed by atoms with Crippen molar-refractivity contribution in [3.63, 3.8) is 0 Å². The van der Waals surface area contributed by atoms with Crippen molar-refractivity contribution < 1.29 is 22.3 Å². The topological polar surface area (TPSA) is 96.5 Å². The molecule has 0 aliphatic carbocycles. The zero-order valence-electron chi connectivity index (χ0n) is 14.5. The van der Waals surface area contributed by atoms with Crippen LogP contribution in [0.25, 0.3) is 0 Å². The van der Waals surface area contributed by atoms with Gasteiger partial charge in [-0.15, -0.1) is 0 Å². The van der Waals surface area contributed by atoms with Gasteiger partial charge in [0.15, 0.2) is 0 Å². The van der Waals surface area contributed by atoms with Crippen LogP contribution in [0.4, 0.5) is 21.5 Å². The maximum atomic E-state index is 13.2. The van der Waals surface area contributed by atoms with Gasteiger partial charge in [0.05, 0.1) is 19.1 Å². The first-order valence-electron chi connectivity index (χ1n) is 7.67. The predicted molar refractivity (Wildman–Crippen MR) is 99.6 cm³/mol. The fraction of sp³-hybridized carbons (Fsp3) is 0.235. The van der Waals surface area contributed by atoms with Crippen molar-refractivity contribution in [2.75, 3.05) is 28.7 Å². The Morgan fingerprint density at radius 3 is 2.50 bits per heavy atom. The molecule has 9 heteroatoms. The number of carbonyl (C=O) groups excluding carboxylic acids is 1. The summed E-state index contributed by atoms with van der Waals surface area (Å²) in [4.78, 5) is 12.2. The predicted octanol–water partition coefficient (Wildman–Crippen LogP) is 2.64. The molecule has 0 radical (unpaired) electrons. The van der Waals surface area contributed by atoms with Crippen LogP contribution in [0.3, 0.4) is 0 Å². The summed E-state index contributed by atoms with van der Waals surface area (Å²) in [6.45, 7) is 1.63. The molecule has 7 nitrogen and oxygen atoms in total. The molecule has 0 fully saturated rings.